The van der Waals surface area contributed by atoms with Crippen LogP contribution < -0.4 is 32.7 Å². The smallest absolute Gasteiger partial charge is 0.136 e. The van der Waals surface area contributed by atoms with Gasteiger partial charge in [-0.3, -0.25) is 9.80 Å². The van der Waals surface area contributed by atoms with Gasteiger partial charge in [-0.15, -0.1) is 0 Å². The Labute approximate surface area is 519 Å². The van der Waals surface area contributed by atoms with Crippen LogP contribution in [0.2, 0.25) is 0 Å². The second kappa shape index (κ2) is 28.3. The first-order valence-electron chi connectivity index (χ1n) is 33.2. The number of hydrogen-bond acceptors (Lipinski definition) is 14. The van der Waals surface area contributed by atoms with Gasteiger partial charge in [-0.25, -0.2) is 28.7 Å². The van der Waals surface area contributed by atoms with Crippen molar-refractivity contribution in [2.75, 3.05) is 67.1 Å². The molecule has 6 saturated heterocycles. The van der Waals surface area contributed by atoms with Gasteiger partial charge in [-0.05, 0) is 201 Å². The molecule has 8 heterocycles. The molecule has 0 radical (unpaired) electrons. The molecule has 6 fully saturated rings. The number of alkyl halides is 2. The highest BCUT2D eigenvalue weighted by Gasteiger charge is 2.47. The summed E-state index contributed by atoms with van der Waals surface area (Å²) in [4.78, 5) is 29.5. The molecule has 13 rings (SSSR count). The SMILES string of the molecule is C#CN.C=C(N)C1CCCN1c1nc(CC)nc2c1CCCCCC(CC)c1ccc(N)c(C#N)c1C2.CC12CCCN1CC(F)C2.CC12CCCN1CC(F)C2.CCc1nc2c(c(N3CCCC3)n1)CC[C@@]1(CCC(C)c3ccc(N)c(C#N)c31)C2. The lowest BCUT2D eigenvalue weighted by atomic mass is 9.59. The van der Waals surface area contributed by atoms with Crippen molar-refractivity contribution in [1.29, 1.82) is 10.5 Å². The van der Waals surface area contributed by atoms with Gasteiger partial charge in [0.25, 0.3) is 0 Å². The van der Waals surface area contributed by atoms with Crippen LogP contribution in [0.4, 0.5) is 31.8 Å². The summed E-state index contributed by atoms with van der Waals surface area (Å²) >= 11 is 0. The Kier molecular flexibility index (Phi) is 21.1. The number of benzene rings is 2. The van der Waals surface area contributed by atoms with Crippen LogP contribution in [0.25, 0.3) is 0 Å². The van der Waals surface area contributed by atoms with Gasteiger partial charge < -0.3 is 32.7 Å². The maximum absolute atomic E-state index is 12.8. The third kappa shape index (κ3) is 13.9. The summed E-state index contributed by atoms with van der Waals surface area (Å²) in [6.07, 6.45) is 28.3. The molecule has 1 spiro atoms. The van der Waals surface area contributed by atoms with Crippen LogP contribution in [0.5, 0.6) is 0 Å². The van der Waals surface area contributed by atoms with E-state index in [2.05, 4.69) is 104 Å². The lowest BCUT2D eigenvalue weighted by Crippen LogP contribution is -2.40. The van der Waals surface area contributed by atoms with Crippen LogP contribution in [0.15, 0.2) is 36.5 Å². The lowest BCUT2D eigenvalue weighted by molar-refractivity contribution is 0.217. The van der Waals surface area contributed by atoms with Crippen molar-refractivity contribution in [3.63, 3.8) is 0 Å². The Morgan fingerprint density at radius 1 is 0.678 bits per heavy atom. The third-order valence-electron chi connectivity index (χ3n) is 21.3. The first kappa shape index (κ1) is 64.9. The highest BCUT2D eigenvalue weighted by Crippen LogP contribution is 2.53. The molecule has 0 bridgehead atoms. The highest BCUT2D eigenvalue weighted by atomic mass is 19.1. The number of aromatic nitrogens is 4. The minimum absolute atomic E-state index is 0.0308. The number of nitrogen functional groups attached to an aromatic ring is 2. The molecular formula is C71H100F2N14. The van der Waals surface area contributed by atoms with Gasteiger partial charge in [-0.2, -0.15) is 10.5 Å². The van der Waals surface area contributed by atoms with Gasteiger partial charge in [0.1, 0.15) is 47.8 Å². The number of nitriles is 2. The number of terminal acetylenes is 1. The molecule has 8 N–H and O–H groups in total. The van der Waals surface area contributed by atoms with E-state index in [1.54, 1.807) is 6.04 Å². The van der Waals surface area contributed by atoms with Crippen LogP contribution in [0, 0.1) is 35.1 Å². The van der Waals surface area contributed by atoms with Gasteiger partial charge in [0.2, 0.25) is 0 Å². The Morgan fingerprint density at radius 2 is 1.26 bits per heavy atom. The molecule has 3 aliphatic carbocycles. The van der Waals surface area contributed by atoms with Gasteiger partial charge in [0.05, 0.1) is 28.6 Å². The summed E-state index contributed by atoms with van der Waals surface area (Å²) in [5.74, 6) is 4.89. The summed E-state index contributed by atoms with van der Waals surface area (Å²) in [5, 5.41) is 20.0. The third-order valence-corrected chi connectivity index (χ3v) is 21.3. The van der Waals surface area contributed by atoms with E-state index in [1.165, 1.54) is 90.7 Å². The molecule has 0 saturated carbocycles. The zero-order valence-corrected chi connectivity index (χ0v) is 53.4. The van der Waals surface area contributed by atoms with E-state index in [4.69, 9.17) is 37.1 Å². The van der Waals surface area contributed by atoms with Gasteiger partial charge >= 0.3 is 0 Å². The van der Waals surface area contributed by atoms with E-state index in [0.717, 1.165) is 158 Å². The van der Waals surface area contributed by atoms with Crippen LogP contribution in [0.3, 0.4) is 0 Å². The molecule has 468 valence electrons. The number of nitrogens with two attached hydrogens (primary N) is 4. The van der Waals surface area contributed by atoms with Crippen molar-refractivity contribution in [1.82, 2.24) is 29.7 Å². The van der Waals surface area contributed by atoms with Gasteiger partial charge in [-0.1, -0.05) is 65.7 Å². The number of anilines is 4. The summed E-state index contributed by atoms with van der Waals surface area (Å²) in [7, 11) is 0. The van der Waals surface area contributed by atoms with E-state index in [1.807, 2.05) is 12.1 Å². The van der Waals surface area contributed by atoms with Crippen LogP contribution in [0.1, 0.15) is 236 Å². The predicted octanol–water partition coefficient (Wildman–Crippen LogP) is 12.3. The zero-order valence-electron chi connectivity index (χ0n) is 53.4. The largest absolute Gasteiger partial charge is 0.401 e. The summed E-state index contributed by atoms with van der Waals surface area (Å²) < 4.78 is 25.7. The molecule has 14 nitrogen and oxygen atoms in total. The van der Waals surface area contributed by atoms with E-state index in [9.17, 15) is 19.3 Å². The average Bonchev–Trinajstić information content (AvgIpc) is 1.49. The normalized spacial score (nSPS) is 27.9. The number of hydrogen-bond donors (Lipinski definition) is 4. The Morgan fingerprint density at radius 3 is 1.85 bits per heavy atom. The van der Waals surface area contributed by atoms with Crippen molar-refractivity contribution in [2.45, 2.75) is 242 Å². The van der Waals surface area contributed by atoms with Crippen LogP contribution in [-0.2, 0) is 43.9 Å². The number of aryl methyl sites for hydroxylation is 2. The lowest BCUT2D eigenvalue weighted by Gasteiger charge is -2.45. The topological polar surface area (TPSA) is 216 Å². The Hall–Kier alpha value is -6.54. The molecule has 0 amide bonds. The minimum atomic E-state index is -0.551. The maximum Gasteiger partial charge on any atom is 0.136 e. The molecule has 8 atom stereocenters. The van der Waals surface area contributed by atoms with Crippen molar-refractivity contribution >= 4 is 23.0 Å². The first-order valence-corrected chi connectivity index (χ1v) is 33.2. The van der Waals surface area contributed by atoms with Crippen molar-refractivity contribution < 1.29 is 8.78 Å². The molecule has 6 aliphatic heterocycles. The quantitative estimate of drug-likeness (QED) is 0.0803. The van der Waals surface area contributed by atoms with E-state index < -0.39 is 12.3 Å². The number of halogens is 2. The fraction of sp³-hybridized carbons (Fsp3) is 0.634. The molecule has 7 unspecified atom stereocenters. The molecule has 87 heavy (non-hydrogen) atoms. The minimum Gasteiger partial charge on any atom is -0.401 e. The molecule has 2 aromatic carbocycles. The Bertz CT molecular complexity index is 3180. The fourth-order valence-corrected chi connectivity index (χ4v) is 16.6. The number of fused-ring (bicyclic) bond motifs is 7. The van der Waals surface area contributed by atoms with E-state index >= 15 is 0 Å². The van der Waals surface area contributed by atoms with E-state index in [0.29, 0.717) is 59.5 Å². The van der Waals surface area contributed by atoms with Gasteiger partial charge in [0, 0.05) is 96.7 Å². The monoisotopic (exact) mass is 1190 g/mol. The fourth-order valence-electron chi connectivity index (χ4n) is 16.6. The van der Waals surface area contributed by atoms with Crippen LogP contribution in [-0.4, -0.2) is 105 Å². The summed E-state index contributed by atoms with van der Waals surface area (Å²) in [6, 6.07) is 14.9. The number of rotatable bonds is 6. The van der Waals surface area contributed by atoms with E-state index in [-0.39, 0.29) is 22.5 Å². The second-order valence-electron chi connectivity index (χ2n) is 27.1. The summed E-state index contributed by atoms with van der Waals surface area (Å²) in [6.45, 7) is 24.0. The molecule has 16 heteroatoms. The standard InChI is InChI=1S/C28H38N6.C25H31N5.2C8H14FN.C2H3N/c1-4-19-10-7-6-8-11-21-25(16-22-20(19)13-14-24(31)23(22)17-29)32-27(5-2)33-28(21)34-15-9-12-26(34)18(3)30;1-3-22-28-21-14-25(11-9-18(21)24(29-22)30-12-4-5-13-30)10-8-16(2)17-6-7-20(27)19(15-26)23(17)25;2*1-8-3-2-4-10(8)6-7(9)5-8;1-2-3/h13-14,19,26H,3-12,15-16,30-31H2,1-2H3;6-7,16H,3-5,8-14,27H2,1-2H3;2*7H,2-6H2,1H3;1H,3H2/t;16?,25-;;;/m.0.../s1. The highest BCUT2D eigenvalue weighted by molar-refractivity contribution is 5.66. The average molecular weight is 1190 g/mol. The van der Waals surface area contributed by atoms with Crippen molar-refractivity contribution in [2.24, 2.45) is 11.5 Å². The molecule has 9 aliphatic rings. The summed E-state index contributed by atoms with van der Waals surface area (Å²) in [5.41, 5.74) is 36.4. The Balaban J connectivity index is 0.000000152. The molecule has 4 aromatic rings. The van der Waals surface area contributed by atoms with Gasteiger partial charge in [0.15, 0.2) is 0 Å². The molecule has 2 aromatic heterocycles. The second-order valence-corrected chi connectivity index (χ2v) is 27.1. The van der Waals surface area contributed by atoms with Crippen molar-refractivity contribution in [3.8, 4) is 24.6 Å². The predicted molar refractivity (Wildman–Crippen MR) is 349 cm³/mol. The van der Waals surface area contributed by atoms with Crippen LogP contribution >= 0.6 is 0 Å². The van der Waals surface area contributed by atoms with Crippen molar-refractivity contribution in [3.05, 3.63) is 104 Å². The first-order chi connectivity index (χ1) is 41.9. The maximum atomic E-state index is 12.8. The molecular weight excluding hydrogens is 1090 g/mol. The number of nitrogens with zero attached hydrogens (tertiary/aromatic N) is 10. The zero-order chi connectivity index (χ0) is 62.2.